The van der Waals surface area contributed by atoms with Gasteiger partial charge < -0.3 is 10.6 Å². The van der Waals surface area contributed by atoms with Crippen LogP contribution in [0.4, 0.5) is 0 Å². The Bertz CT molecular complexity index is 482. The summed E-state index contributed by atoms with van der Waals surface area (Å²) in [7, 11) is 0. The molecule has 1 aliphatic heterocycles. The first-order valence-electron chi connectivity index (χ1n) is 7.06. The normalized spacial score (nSPS) is 16.4. The van der Waals surface area contributed by atoms with Crippen molar-refractivity contribution >= 4 is 11.8 Å². The summed E-state index contributed by atoms with van der Waals surface area (Å²) in [5, 5.41) is 7.07. The summed E-state index contributed by atoms with van der Waals surface area (Å²) in [6, 6.07) is 0. The van der Waals surface area contributed by atoms with E-state index in [1.807, 2.05) is 18.7 Å². The van der Waals surface area contributed by atoms with Crippen LogP contribution in [0.3, 0.4) is 0 Å². The van der Waals surface area contributed by atoms with E-state index in [0.717, 1.165) is 17.0 Å². The predicted octanol–water partition coefficient (Wildman–Crippen LogP) is 0.683. The maximum Gasteiger partial charge on any atom is 0.222 e. The third-order valence-electron chi connectivity index (χ3n) is 4.12. The van der Waals surface area contributed by atoms with Gasteiger partial charge in [-0.05, 0) is 38.7 Å². The highest BCUT2D eigenvalue weighted by atomic mass is 16.2. The van der Waals surface area contributed by atoms with E-state index < -0.39 is 0 Å². The van der Waals surface area contributed by atoms with Crippen molar-refractivity contribution < 1.29 is 9.59 Å². The van der Waals surface area contributed by atoms with Gasteiger partial charge in [0.2, 0.25) is 11.8 Å². The Morgan fingerprint density at radius 1 is 1.35 bits per heavy atom. The zero-order valence-electron chi connectivity index (χ0n) is 12.1. The van der Waals surface area contributed by atoms with E-state index in [0.29, 0.717) is 38.8 Å². The van der Waals surface area contributed by atoms with Gasteiger partial charge in [-0.1, -0.05) is 0 Å². The van der Waals surface area contributed by atoms with Crippen molar-refractivity contribution in [1.82, 2.24) is 15.1 Å². The van der Waals surface area contributed by atoms with E-state index >= 15 is 0 Å². The van der Waals surface area contributed by atoms with Crippen LogP contribution >= 0.6 is 0 Å². The smallest absolute Gasteiger partial charge is 0.222 e. The number of carbonyl (C=O) groups is 2. The average Bonchev–Trinajstić information content (AvgIpc) is 2.75. The molecule has 1 fully saturated rings. The molecule has 6 heteroatoms. The molecule has 1 aliphatic rings. The molecule has 110 valence electrons. The molecule has 0 unspecified atom stereocenters. The van der Waals surface area contributed by atoms with Crippen molar-refractivity contribution in [2.75, 3.05) is 13.1 Å². The van der Waals surface area contributed by atoms with E-state index in [1.54, 1.807) is 0 Å². The van der Waals surface area contributed by atoms with Crippen LogP contribution in [0.15, 0.2) is 0 Å². The molecule has 0 aromatic carbocycles. The van der Waals surface area contributed by atoms with Crippen LogP contribution < -0.4 is 5.73 Å². The number of nitrogens with zero attached hydrogens (tertiary/aromatic N) is 2. The average molecular weight is 278 g/mol. The molecule has 1 saturated heterocycles. The van der Waals surface area contributed by atoms with Gasteiger partial charge >= 0.3 is 0 Å². The van der Waals surface area contributed by atoms with Gasteiger partial charge in [0.05, 0.1) is 5.69 Å². The monoisotopic (exact) mass is 278 g/mol. The lowest BCUT2D eigenvalue weighted by atomic mass is 9.96. The van der Waals surface area contributed by atoms with Gasteiger partial charge in [0.25, 0.3) is 0 Å². The highest BCUT2D eigenvalue weighted by molar-refractivity contribution is 5.79. The van der Waals surface area contributed by atoms with Crippen molar-refractivity contribution in [1.29, 1.82) is 0 Å². The van der Waals surface area contributed by atoms with Crippen molar-refractivity contribution in [3.8, 4) is 0 Å². The summed E-state index contributed by atoms with van der Waals surface area (Å²) in [5.74, 6) is -0.174. The number of amides is 2. The third-order valence-corrected chi connectivity index (χ3v) is 4.12. The SMILES string of the molecule is Cc1n[nH]c(C)c1CCC(=O)N1CCC(C(N)=O)CC1. The zero-order chi connectivity index (χ0) is 14.7. The van der Waals surface area contributed by atoms with Gasteiger partial charge in [-0.3, -0.25) is 14.7 Å². The Morgan fingerprint density at radius 3 is 2.50 bits per heavy atom. The maximum atomic E-state index is 12.2. The van der Waals surface area contributed by atoms with Crippen LogP contribution in [-0.4, -0.2) is 40.0 Å². The number of hydrogen-bond acceptors (Lipinski definition) is 3. The first-order chi connectivity index (χ1) is 9.49. The Morgan fingerprint density at radius 2 is 2.00 bits per heavy atom. The number of likely N-dealkylation sites (tertiary alicyclic amines) is 1. The Balaban J connectivity index is 1.83. The van der Waals surface area contributed by atoms with Crippen molar-refractivity contribution in [2.45, 2.75) is 39.5 Å². The largest absolute Gasteiger partial charge is 0.369 e. The molecule has 1 aromatic rings. The molecule has 2 heterocycles. The van der Waals surface area contributed by atoms with E-state index in [-0.39, 0.29) is 17.7 Å². The summed E-state index contributed by atoms with van der Waals surface area (Å²) < 4.78 is 0. The van der Waals surface area contributed by atoms with Gasteiger partial charge in [0.15, 0.2) is 0 Å². The summed E-state index contributed by atoms with van der Waals surface area (Å²) in [6.07, 6.45) is 2.57. The number of aromatic nitrogens is 2. The minimum atomic E-state index is -0.248. The van der Waals surface area contributed by atoms with Crippen molar-refractivity contribution in [2.24, 2.45) is 11.7 Å². The van der Waals surface area contributed by atoms with Crippen LogP contribution in [0.5, 0.6) is 0 Å². The third kappa shape index (κ3) is 3.18. The van der Waals surface area contributed by atoms with Crippen molar-refractivity contribution in [3.63, 3.8) is 0 Å². The number of rotatable bonds is 4. The highest BCUT2D eigenvalue weighted by Gasteiger charge is 2.25. The molecule has 0 aliphatic carbocycles. The number of aromatic amines is 1. The molecule has 0 atom stereocenters. The Kier molecular flexibility index (Phi) is 4.42. The second kappa shape index (κ2) is 6.07. The minimum absolute atomic E-state index is 0.0718. The Hall–Kier alpha value is -1.85. The molecule has 0 saturated carbocycles. The number of nitrogens with two attached hydrogens (primary N) is 1. The number of carbonyl (C=O) groups excluding carboxylic acids is 2. The topological polar surface area (TPSA) is 92.1 Å². The van der Waals surface area contributed by atoms with Crippen LogP contribution in [0.2, 0.25) is 0 Å². The summed E-state index contributed by atoms with van der Waals surface area (Å²) in [4.78, 5) is 25.1. The molecule has 2 amide bonds. The summed E-state index contributed by atoms with van der Waals surface area (Å²) >= 11 is 0. The number of H-pyrrole nitrogens is 1. The lowest BCUT2D eigenvalue weighted by Crippen LogP contribution is -2.41. The molecular formula is C14H22N4O2. The van der Waals surface area contributed by atoms with Gasteiger partial charge in [-0.25, -0.2) is 0 Å². The number of piperidine rings is 1. The fourth-order valence-corrected chi connectivity index (χ4v) is 2.75. The first-order valence-corrected chi connectivity index (χ1v) is 7.06. The maximum absolute atomic E-state index is 12.2. The lowest BCUT2D eigenvalue weighted by molar-refractivity contribution is -0.134. The molecule has 0 radical (unpaired) electrons. The standard InChI is InChI=1S/C14H22N4O2/c1-9-12(10(2)17-16-9)3-4-13(19)18-7-5-11(6-8-18)14(15)20/h11H,3-8H2,1-2H3,(H2,15,20)(H,16,17). The van der Waals surface area contributed by atoms with Gasteiger partial charge in [-0.15, -0.1) is 0 Å². The molecule has 0 bridgehead atoms. The highest BCUT2D eigenvalue weighted by Crippen LogP contribution is 2.18. The van der Waals surface area contributed by atoms with E-state index in [2.05, 4.69) is 10.2 Å². The first kappa shape index (κ1) is 14.6. The second-order valence-electron chi connectivity index (χ2n) is 5.47. The molecule has 0 spiro atoms. The number of nitrogens with one attached hydrogen (secondary N) is 1. The van der Waals surface area contributed by atoms with Crippen molar-refractivity contribution in [3.05, 3.63) is 17.0 Å². The summed E-state index contributed by atoms with van der Waals surface area (Å²) in [6.45, 7) is 5.19. The minimum Gasteiger partial charge on any atom is -0.369 e. The molecule has 2 rings (SSSR count). The van der Waals surface area contributed by atoms with Crippen LogP contribution in [0.1, 0.15) is 36.2 Å². The molecule has 6 nitrogen and oxygen atoms in total. The van der Waals surface area contributed by atoms with Gasteiger partial charge in [-0.2, -0.15) is 5.10 Å². The fraction of sp³-hybridized carbons (Fsp3) is 0.643. The second-order valence-corrected chi connectivity index (χ2v) is 5.47. The predicted molar refractivity (Wildman–Crippen MR) is 74.9 cm³/mol. The lowest BCUT2D eigenvalue weighted by Gasteiger charge is -2.30. The quantitative estimate of drug-likeness (QED) is 0.848. The number of aryl methyl sites for hydroxylation is 2. The van der Waals surface area contributed by atoms with Gasteiger partial charge in [0.1, 0.15) is 0 Å². The fourth-order valence-electron chi connectivity index (χ4n) is 2.75. The molecule has 20 heavy (non-hydrogen) atoms. The van der Waals surface area contributed by atoms with E-state index in [4.69, 9.17) is 5.73 Å². The van der Waals surface area contributed by atoms with Crippen LogP contribution in [0.25, 0.3) is 0 Å². The van der Waals surface area contributed by atoms with Crippen LogP contribution in [0, 0.1) is 19.8 Å². The van der Waals surface area contributed by atoms with Gasteiger partial charge in [0, 0.05) is 31.1 Å². The summed E-state index contributed by atoms with van der Waals surface area (Å²) in [5.41, 5.74) is 8.41. The molecular weight excluding hydrogens is 256 g/mol. The molecule has 1 aromatic heterocycles. The van der Waals surface area contributed by atoms with E-state index in [1.165, 1.54) is 0 Å². The number of hydrogen-bond donors (Lipinski definition) is 2. The Labute approximate surface area is 118 Å². The molecule has 3 N–H and O–H groups in total. The van der Waals surface area contributed by atoms with E-state index in [9.17, 15) is 9.59 Å². The zero-order valence-corrected chi connectivity index (χ0v) is 12.1. The number of primary amides is 1. The van der Waals surface area contributed by atoms with Crippen LogP contribution in [-0.2, 0) is 16.0 Å².